The Kier molecular flexibility index (Phi) is 5.46. The Morgan fingerprint density at radius 3 is 2.77 bits per heavy atom. The van der Waals surface area contributed by atoms with Crippen LogP contribution in [0.2, 0.25) is 0 Å². The summed E-state index contributed by atoms with van der Waals surface area (Å²) in [5.74, 6) is -0.749. The van der Waals surface area contributed by atoms with Crippen LogP contribution in [0.5, 0.6) is 0 Å². The van der Waals surface area contributed by atoms with Crippen LogP contribution in [0.25, 0.3) is 11.2 Å². The molecule has 2 atom stereocenters. The molecular weight excluding hydrogens is 412 g/mol. The molecule has 1 amide bonds. The number of halogens is 1. The van der Waals surface area contributed by atoms with E-state index in [1.807, 2.05) is 6.07 Å². The van der Waals surface area contributed by atoms with Gasteiger partial charge in [-0.2, -0.15) is 0 Å². The number of amides is 1. The second kappa shape index (κ2) is 8.06. The van der Waals surface area contributed by atoms with Gasteiger partial charge in [-0.3, -0.25) is 9.36 Å². The normalized spacial score (nSPS) is 19.1. The van der Waals surface area contributed by atoms with Crippen LogP contribution in [-0.4, -0.2) is 51.4 Å². The number of anilines is 1. The molecule has 1 N–H and O–H groups in total. The van der Waals surface area contributed by atoms with Gasteiger partial charge in [-0.1, -0.05) is 18.2 Å². The van der Waals surface area contributed by atoms with Crippen molar-refractivity contribution in [2.45, 2.75) is 12.5 Å². The zero-order chi connectivity index (χ0) is 21.3. The third-order valence-corrected chi connectivity index (χ3v) is 4.99. The number of nitrogens with one attached hydrogen (secondary N) is 1. The van der Waals surface area contributed by atoms with Crippen molar-refractivity contribution >= 4 is 30.0 Å². The molecule has 0 radical (unpaired) electrons. The summed E-state index contributed by atoms with van der Waals surface area (Å²) in [5.41, 5.74) is 1.02. The van der Waals surface area contributed by atoms with E-state index in [2.05, 4.69) is 20.3 Å². The van der Waals surface area contributed by atoms with Gasteiger partial charge in [0.05, 0.1) is 6.33 Å². The van der Waals surface area contributed by atoms with Crippen molar-refractivity contribution in [3.05, 3.63) is 60.5 Å². The van der Waals surface area contributed by atoms with Crippen molar-refractivity contribution in [2.24, 2.45) is 0 Å². The van der Waals surface area contributed by atoms with Crippen LogP contribution in [-0.2, 0) is 14.0 Å². The Labute approximate surface area is 171 Å². The van der Waals surface area contributed by atoms with Gasteiger partial charge in [0.25, 0.3) is 5.91 Å². The van der Waals surface area contributed by atoms with Gasteiger partial charge in [0.15, 0.2) is 35.3 Å². The lowest BCUT2D eigenvalue weighted by molar-refractivity contribution is -0.128. The van der Waals surface area contributed by atoms with Crippen LogP contribution in [0.1, 0.15) is 16.6 Å². The summed E-state index contributed by atoms with van der Waals surface area (Å²) in [5, 5.41) is 2.69. The minimum Gasteiger partial charge on any atom is -0.341 e. The van der Waals surface area contributed by atoms with Crippen molar-refractivity contribution in [1.82, 2.24) is 19.5 Å². The molecule has 2 aromatic heterocycles. The molecule has 0 fully saturated rings. The van der Waals surface area contributed by atoms with Gasteiger partial charge in [0, 0.05) is 11.6 Å². The molecule has 0 unspecified atom stereocenters. The van der Waals surface area contributed by atoms with Gasteiger partial charge in [-0.05, 0) is 25.5 Å². The van der Waals surface area contributed by atoms with Crippen LogP contribution in [0, 0.1) is 0 Å². The summed E-state index contributed by atoms with van der Waals surface area (Å²) >= 11 is 0. The molecule has 0 spiro atoms. The predicted octanol–water partition coefficient (Wildman–Crippen LogP) is 3.38. The molecule has 1 aliphatic rings. The molecule has 0 saturated heterocycles. The van der Waals surface area contributed by atoms with E-state index in [-0.39, 0.29) is 29.2 Å². The van der Waals surface area contributed by atoms with Crippen molar-refractivity contribution in [3.63, 3.8) is 0 Å². The van der Waals surface area contributed by atoms with Crippen LogP contribution in [0.4, 0.5) is 10.2 Å². The fourth-order valence-electron chi connectivity index (χ4n) is 2.87. The fourth-order valence-corrected chi connectivity index (χ4v) is 3.37. The third-order valence-electron chi connectivity index (χ3n) is 4.22. The van der Waals surface area contributed by atoms with E-state index < -0.39 is 25.5 Å². The van der Waals surface area contributed by atoms with Crippen LogP contribution in [0.3, 0.4) is 0 Å². The van der Waals surface area contributed by atoms with E-state index in [0.717, 1.165) is 0 Å². The number of carbonyl (C=O) groups is 1. The van der Waals surface area contributed by atoms with Gasteiger partial charge in [0.1, 0.15) is 19.8 Å². The molecule has 3 heterocycles. The number of hydrogen-bond acceptors (Lipinski definition) is 7. The SMILES string of the molecule is CP(C)(=O)CO[C@@H]1C=C(F)[C@H](n2cnc3c(NC(=O)c4ccccc4)ncnc32)O1. The Balaban J connectivity index is 1.56. The average molecular weight is 431 g/mol. The van der Waals surface area contributed by atoms with Gasteiger partial charge in [-0.15, -0.1) is 0 Å². The lowest BCUT2D eigenvalue weighted by Gasteiger charge is -2.17. The van der Waals surface area contributed by atoms with Gasteiger partial charge in [-0.25, -0.2) is 19.3 Å². The second-order valence-electron chi connectivity index (χ2n) is 7.14. The molecule has 4 rings (SSSR count). The number of nitrogens with zero attached hydrogens (tertiary/aromatic N) is 4. The molecule has 1 aliphatic heterocycles. The largest absolute Gasteiger partial charge is 0.341 e. The Hall–Kier alpha value is -2.94. The minimum absolute atomic E-state index is 0.0311. The van der Waals surface area contributed by atoms with Crippen molar-refractivity contribution in [3.8, 4) is 0 Å². The number of hydrogen-bond donors (Lipinski definition) is 1. The number of ether oxygens (including phenoxy) is 2. The zero-order valence-electron chi connectivity index (χ0n) is 16.2. The molecule has 0 saturated carbocycles. The van der Waals surface area contributed by atoms with E-state index in [9.17, 15) is 13.8 Å². The number of imidazole rings is 1. The first-order valence-corrected chi connectivity index (χ1v) is 11.8. The summed E-state index contributed by atoms with van der Waals surface area (Å²) in [6, 6.07) is 8.65. The first kappa shape index (κ1) is 20.3. The number of fused-ring (bicyclic) bond motifs is 1. The smallest absolute Gasteiger partial charge is 0.256 e. The quantitative estimate of drug-likeness (QED) is 0.596. The standard InChI is InChI=1S/C19H19FN5O4P/c1-30(2,27)11-28-14-8-13(20)19(29-14)25-10-23-15-16(21-9-22-17(15)25)24-18(26)12-6-4-3-5-7-12/h3-10,14,19H,11H2,1-2H3,(H,21,22,24,26)/t14-,19+/m0/s1. The maximum absolute atomic E-state index is 14.5. The van der Waals surface area contributed by atoms with E-state index in [0.29, 0.717) is 5.56 Å². The minimum atomic E-state index is -2.44. The van der Waals surface area contributed by atoms with E-state index in [1.165, 1.54) is 23.3 Å². The highest BCUT2D eigenvalue weighted by molar-refractivity contribution is 7.62. The molecule has 11 heteroatoms. The van der Waals surface area contributed by atoms with Gasteiger partial charge in [0.2, 0.25) is 0 Å². The van der Waals surface area contributed by atoms with E-state index in [1.54, 1.807) is 37.6 Å². The second-order valence-corrected chi connectivity index (χ2v) is 10.6. The molecule has 0 bridgehead atoms. The van der Waals surface area contributed by atoms with Crippen LogP contribution < -0.4 is 5.32 Å². The Morgan fingerprint density at radius 2 is 2.03 bits per heavy atom. The predicted molar refractivity (Wildman–Crippen MR) is 108 cm³/mol. The van der Waals surface area contributed by atoms with E-state index >= 15 is 0 Å². The summed E-state index contributed by atoms with van der Waals surface area (Å²) < 4.78 is 38.6. The molecule has 1 aromatic carbocycles. The highest BCUT2D eigenvalue weighted by Gasteiger charge is 2.32. The van der Waals surface area contributed by atoms with Crippen LogP contribution in [0.15, 0.2) is 54.9 Å². The lowest BCUT2D eigenvalue weighted by atomic mass is 10.2. The molecule has 3 aromatic rings. The monoisotopic (exact) mass is 431 g/mol. The summed E-state index contributed by atoms with van der Waals surface area (Å²) in [6.07, 6.45) is 1.63. The lowest BCUT2D eigenvalue weighted by Crippen LogP contribution is -2.17. The van der Waals surface area contributed by atoms with Crippen LogP contribution >= 0.6 is 7.14 Å². The number of aromatic nitrogens is 4. The summed E-state index contributed by atoms with van der Waals surface area (Å²) in [4.78, 5) is 24.9. The van der Waals surface area contributed by atoms with Gasteiger partial charge >= 0.3 is 0 Å². The van der Waals surface area contributed by atoms with Crippen molar-refractivity contribution in [1.29, 1.82) is 0 Å². The first-order chi connectivity index (χ1) is 14.3. The topological polar surface area (TPSA) is 108 Å². The highest BCUT2D eigenvalue weighted by atomic mass is 31.2. The van der Waals surface area contributed by atoms with Crippen molar-refractivity contribution < 1.29 is 23.2 Å². The summed E-state index contributed by atoms with van der Waals surface area (Å²) in [7, 11) is -2.44. The molecule has 0 aliphatic carbocycles. The van der Waals surface area contributed by atoms with E-state index in [4.69, 9.17) is 9.47 Å². The molecule has 30 heavy (non-hydrogen) atoms. The Bertz CT molecular complexity index is 1160. The maximum atomic E-state index is 14.5. The highest BCUT2D eigenvalue weighted by Crippen LogP contribution is 2.38. The first-order valence-electron chi connectivity index (χ1n) is 9.04. The van der Waals surface area contributed by atoms with Gasteiger partial charge < -0.3 is 19.4 Å². The summed E-state index contributed by atoms with van der Waals surface area (Å²) in [6.45, 7) is 3.15. The molecule has 9 nitrogen and oxygen atoms in total. The number of rotatable bonds is 6. The third kappa shape index (κ3) is 4.30. The number of carbonyl (C=O) groups excluding carboxylic acids is 1. The Morgan fingerprint density at radius 1 is 1.27 bits per heavy atom. The number of benzene rings is 1. The van der Waals surface area contributed by atoms with Crippen molar-refractivity contribution in [2.75, 3.05) is 25.0 Å². The zero-order valence-corrected chi connectivity index (χ0v) is 17.1. The maximum Gasteiger partial charge on any atom is 0.256 e. The fraction of sp³-hybridized carbons (Fsp3) is 0.263. The molecular formula is C19H19FN5O4P. The average Bonchev–Trinajstić information content (AvgIpc) is 3.30. The molecule has 156 valence electrons.